The minimum atomic E-state index is -1.02. The standard InChI is InChI=1S/C31H33ClFN7O2/c1-20(33)30(41)40-16-15-39(17-23(40)10-12-34)29-24-11-14-38(27-9-3-6-21-5-2-8-25(32)28(21)27)18-26(24)36-31(37-29)42-19-22-7-4-13-35-22/h2-3,5-6,8-9,22-23,35H,1,4,7,10-11,13-19H2. The number of piperazine rings is 1. The molecule has 0 bridgehead atoms. The average Bonchev–Trinajstić information content (AvgIpc) is 3.53. The zero-order chi connectivity index (χ0) is 29.2. The molecule has 4 heterocycles. The molecule has 3 aliphatic heterocycles. The second kappa shape index (κ2) is 12.1. The summed E-state index contributed by atoms with van der Waals surface area (Å²) in [4.78, 5) is 28.0. The van der Waals surface area contributed by atoms with Crippen molar-refractivity contribution in [3.05, 3.63) is 65.1 Å². The molecular weight excluding hydrogens is 557 g/mol. The van der Waals surface area contributed by atoms with Crippen molar-refractivity contribution >= 4 is 39.8 Å². The second-order valence-corrected chi connectivity index (χ2v) is 11.4. The van der Waals surface area contributed by atoms with Crippen molar-refractivity contribution in [1.29, 1.82) is 5.26 Å². The zero-order valence-corrected chi connectivity index (χ0v) is 24.1. The number of fused-ring (bicyclic) bond motifs is 2. The fourth-order valence-electron chi connectivity index (χ4n) is 6.29. The Morgan fingerprint density at radius 1 is 1.19 bits per heavy atom. The van der Waals surface area contributed by atoms with Gasteiger partial charge >= 0.3 is 6.01 Å². The first-order valence-electron chi connectivity index (χ1n) is 14.4. The van der Waals surface area contributed by atoms with Gasteiger partial charge in [0.25, 0.3) is 5.91 Å². The molecule has 1 amide bonds. The summed E-state index contributed by atoms with van der Waals surface area (Å²) in [6, 6.07) is 14.3. The molecule has 0 radical (unpaired) electrons. The maximum absolute atomic E-state index is 13.8. The number of halogens is 2. The average molecular weight is 590 g/mol. The molecule has 2 atom stereocenters. The third-order valence-corrected chi connectivity index (χ3v) is 8.69. The fourth-order valence-corrected chi connectivity index (χ4v) is 6.56. The lowest BCUT2D eigenvalue weighted by Gasteiger charge is -2.42. The summed E-state index contributed by atoms with van der Waals surface area (Å²) in [6.45, 7) is 6.95. The summed E-state index contributed by atoms with van der Waals surface area (Å²) in [5, 5.41) is 15.7. The van der Waals surface area contributed by atoms with Crippen LogP contribution in [0.5, 0.6) is 6.01 Å². The number of hydrogen-bond acceptors (Lipinski definition) is 8. The highest BCUT2D eigenvalue weighted by Gasteiger charge is 2.35. The van der Waals surface area contributed by atoms with Gasteiger partial charge in [0, 0.05) is 48.9 Å². The van der Waals surface area contributed by atoms with Crippen LogP contribution in [0.1, 0.15) is 30.5 Å². The van der Waals surface area contributed by atoms with Gasteiger partial charge in [0.2, 0.25) is 0 Å². The highest BCUT2D eigenvalue weighted by molar-refractivity contribution is 6.36. The number of nitriles is 1. The first-order valence-corrected chi connectivity index (χ1v) is 14.8. The molecule has 1 aromatic heterocycles. The quantitative estimate of drug-likeness (QED) is 0.405. The zero-order valence-electron chi connectivity index (χ0n) is 23.4. The van der Waals surface area contributed by atoms with Crippen LogP contribution in [0.15, 0.2) is 48.8 Å². The number of nitrogens with zero attached hydrogens (tertiary/aromatic N) is 6. The topological polar surface area (TPSA) is 97.6 Å². The second-order valence-electron chi connectivity index (χ2n) is 11.0. The summed E-state index contributed by atoms with van der Waals surface area (Å²) in [5.41, 5.74) is 2.95. The van der Waals surface area contributed by atoms with Crippen molar-refractivity contribution < 1.29 is 13.9 Å². The minimum Gasteiger partial charge on any atom is -0.462 e. The first kappa shape index (κ1) is 28.2. The highest BCUT2D eigenvalue weighted by atomic mass is 35.5. The number of ether oxygens (including phenoxy) is 1. The molecule has 6 rings (SSSR count). The summed E-state index contributed by atoms with van der Waals surface area (Å²) in [5.74, 6) is -1.04. The third kappa shape index (κ3) is 5.59. The van der Waals surface area contributed by atoms with E-state index in [1.165, 1.54) is 4.90 Å². The van der Waals surface area contributed by atoms with E-state index < -0.39 is 17.8 Å². The van der Waals surface area contributed by atoms with Crippen molar-refractivity contribution in [2.45, 2.75) is 44.3 Å². The van der Waals surface area contributed by atoms with Gasteiger partial charge in [-0.05, 0) is 43.3 Å². The number of amides is 1. The fraction of sp³-hybridized carbons (Fsp3) is 0.419. The molecule has 2 saturated heterocycles. The number of anilines is 2. The van der Waals surface area contributed by atoms with Crippen LogP contribution in [-0.4, -0.2) is 72.2 Å². The Kier molecular flexibility index (Phi) is 8.13. The molecule has 0 aliphatic carbocycles. The van der Waals surface area contributed by atoms with E-state index in [0.717, 1.165) is 59.5 Å². The predicted octanol–water partition coefficient (Wildman–Crippen LogP) is 4.39. The van der Waals surface area contributed by atoms with Crippen molar-refractivity contribution in [2.75, 3.05) is 49.1 Å². The Bertz CT molecular complexity index is 1550. The van der Waals surface area contributed by atoms with Gasteiger partial charge < -0.3 is 24.8 Å². The molecule has 218 valence electrons. The van der Waals surface area contributed by atoms with E-state index in [9.17, 15) is 14.4 Å². The van der Waals surface area contributed by atoms with Crippen LogP contribution >= 0.6 is 11.6 Å². The van der Waals surface area contributed by atoms with Crippen LogP contribution in [0.3, 0.4) is 0 Å². The number of benzene rings is 2. The predicted molar refractivity (Wildman–Crippen MR) is 160 cm³/mol. The van der Waals surface area contributed by atoms with E-state index in [1.54, 1.807) is 0 Å². The summed E-state index contributed by atoms with van der Waals surface area (Å²) in [6.07, 6.45) is 2.93. The van der Waals surface area contributed by atoms with E-state index >= 15 is 0 Å². The van der Waals surface area contributed by atoms with Crippen molar-refractivity contribution in [3.8, 4) is 12.1 Å². The van der Waals surface area contributed by atoms with Crippen LogP contribution in [0.4, 0.5) is 15.9 Å². The molecule has 0 saturated carbocycles. The number of rotatable bonds is 7. The number of carbonyl (C=O) groups excluding carboxylic acids is 1. The van der Waals surface area contributed by atoms with E-state index in [0.29, 0.717) is 43.7 Å². The molecular formula is C31H33ClFN7O2. The lowest BCUT2D eigenvalue weighted by Crippen LogP contribution is -2.55. The van der Waals surface area contributed by atoms with E-state index in [2.05, 4.69) is 46.0 Å². The van der Waals surface area contributed by atoms with E-state index in [4.69, 9.17) is 26.3 Å². The summed E-state index contributed by atoms with van der Waals surface area (Å²) < 4.78 is 19.9. The molecule has 1 N–H and O–H groups in total. The minimum absolute atomic E-state index is 0.0785. The van der Waals surface area contributed by atoms with Crippen molar-refractivity contribution in [1.82, 2.24) is 20.2 Å². The van der Waals surface area contributed by atoms with Gasteiger partial charge in [-0.3, -0.25) is 4.79 Å². The molecule has 0 spiro atoms. The third-order valence-electron chi connectivity index (χ3n) is 8.37. The Labute approximate surface area is 249 Å². The molecule has 2 fully saturated rings. The van der Waals surface area contributed by atoms with Crippen LogP contribution in [-0.2, 0) is 17.8 Å². The molecule has 11 heteroatoms. The summed E-state index contributed by atoms with van der Waals surface area (Å²) in [7, 11) is 0. The number of hydrogen-bond donors (Lipinski definition) is 1. The van der Waals surface area contributed by atoms with Crippen LogP contribution in [0.2, 0.25) is 5.02 Å². The van der Waals surface area contributed by atoms with Gasteiger partial charge in [-0.1, -0.05) is 42.4 Å². The molecule has 2 unspecified atom stereocenters. The molecule has 42 heavy (non-hydrogen) atoms. The van der Waals surface area contributed by atoms with Crippen LogP contribution in [0, 0.1) is 11.3 Å². The van der Waals surface area contributed by atoms with Gasteiger partial charge in [0.1, 0.15) is 12.4 Å². The number of aromatic nitrogens is 2. The molecule has 3 aliphatic rings. The van der Waals surface area contributed by atoms with Gasteiger partial charge in [-0.25, -0.2) is 4.39 Å². The van der Waals surface area contributed by atoms with Gasteiger partial charge in [-0.2, -0.15) is 15.2 Å². The van der Waals surface area contributed by atoms with E-state index in [-0.39, 0.29) is 19.0 Å². The normalized spacial score (nSPS) is 20.4. The van der Waals surface area contributed by atoms with Gasteiger partial charge in [-0.15, -0.1) is 0 Å². The van der Waals surface area contributed by atoms with Crippen LogP contribution in [0.25, 0.3) is 10.8 Å². The van der Waals surface area contributed by atoms with Crippen molar-refractivity contribution in [2.24, 2.45) is 0 Å². The Morgan fingerprint density at radius 3 is 2.79 bits per heavy atom. The maximum Gasteiger partial charge on any atom is 0.318 e. The smallest absolute Gasteiger partial charge is 0.318 e. The van der Waals surface area contributed by atoms with Gasteiger partial charge in [0.15, 0.2) is 5.83 Å². The van der Waals surface area contributed by atoms with Crippen LogP contribution < -0.4 is 19.9 Å². The Hall–Kier alpha value is -3.94. The molecule has 3 aromatic rings. The lowest BCUT2D eigenvalue weighted by atomic mass is 10.0. The lowest BCUT2D eigenvalue weighted by molar-refractivity contribution is -0.131. The maximum atomic E-state index is 13.8. The monoisotopic (exact) mass is 589 g/mol. The largest absolute Gasteiger partial charge is 0.462 e. The number of nitrogens with one attached hydrogen (secondary N) is 1. The highest BCUT2D eigenvalue weighted by Crippen LogP contribution is 2.37. The van der Waals surface area contributed by atoms with Crippen molar-refractivity contribution in [3.63, 3.8) is 0 Å². The Morgan fingerprint density at radius 2 is 2.02 bits per heavy atom. The van der Waals surface area contributed by atoms with Gasteiger partial charge in [0.05, 0.1) is 35.8 Å². The Balaban J connectivity index is 1.33. The SMILES string of the molecule is C=C(F)C(=O)N1CCN(c2nc(OCC3CCCN3)nc3c2CCN(c2cccc4cccc(Cl)c24)C3)CC1CC#N. The first-order chi connectivity index (χ1) is 20.4. The molecule has 9 nitrogen and oxygen atoms in total. The number of carbonyl (C=O) groups is 1. The molecule has 2 aromatic carbocycles. The summed E-state index contributed by atoms with van der Waals surface area (Å²) >= 11 is 6.67. The van der Waals surface area contributed by atoms with E-state index in [1.807, 2.05) is 18.2 Å².